The molecule has 0 bridgehead atoms. The number of carbonyl (C=O) groups excluding carboxylic acids is 3. The van der Waals surface area contributed by atoms with Crippen molar-refractivity contribution in [2.75, 3.05) is 24.5 Å². The predicted molar refractivity (Wildman–Crippen MR) is 180 cm³/mol. The Hall–Kier alpha value is -4.27. The van der Waals surface area contributed by atoms with Gasteiger partial charge in [-0.1, -0.05) is 108 Å². The second-order valence-corrected chi connectivity index (χ2v) is 12.9. The first-order valence-electron chi connectivity index (χ1n) is 15.5. The summed E-state index contributed by atoms with van der Waals surface area (Å²) in [6.45, 7) is 1.44. The molecule has 1 saturated heterocycles. The molecule has 3 atom stereocenters. The molecule has 0 spiro atoms. The molecule has 238 valence electrons. The summed E-state index contributed by atoms with van der Waals surface area (Å²) < 4.78 is 5.52. The molecular formula is C36H36Cl2N4O4. The first kappa shape index (κ1) is 31.7. The number of urea groups is 1. The number of nitrogens with one attached hydrogen (secondary N) is 3. The number of rotatable bonds is 10. The van der Waals surface area contributed by atoms with E-state index in [2.05, 4.69) is 45.1 Å². The lowest BCUT2D eigenvalue weighted by atomic mass is 9.91. The maximum atomic E-state index is 13.5. The van der Waals surface area contributed by atoms with Crippen molar-refractivity contribution in [3.05, 3.63) is 124 Å². The van der Waals surface area contributed by atoms with Gasteiger partial charge < -0.3 is 25.6 Å². The standard InChI is InChI=1S/C36H36Cl2N4O4/c37-30-17-29(42-20-27(21-42)24-11-5-2-6-12-24)18-31(38)33(30)34(43)41-32(35(44)46-22-23-9-3-1-4-10-23)19-39-36(45)40-28-15-25-13-7-8-14-26(25)16-28/h1-14,17-18,25-28,32H,15-16,19-22H2,(H,41,43)(H2,39,40,45)/t25?,26?,28?,32-/m1/s1. The van der Waals surface area contributed by atoms with Gasteiger partial charge in [0.2, 0.25) is 0 Å². The number of allylic oxidation sites excluding steroid dienone is 4. The van der Waals surface area contributed by atoms with Gasteiger partial charge in [-0.15, -0.1) is 0 Å². The largest absolute Gasteiger partial charge is 0.459 e. The Morgan fingerprint density at radius 3 is 2.11 bits per heavy atom. The lowest BCUT2D eigenvalue weighted by Crippen LogP contribution is -2.51. The Bertz CT molecular complexity index is 1580. The summed E-state index contributed by atoms with van der Waals surface area (Å²) in [5, 5.41) is 8.76. The summed E-state index contributed by atoms with van der Waals surface area (Å²) in [6, 6.07) is 21.3. The lowest BCUT2D eigenvalue weighted by molar-refractivity contribution is -0.147. The summed E-state index contributed by atoms with van der Waals surface area (Å²) in [5.41, 5.74) is 2.93. The maximum Gasteiger partial charge on any atom is 0.330 e. The number of hydrogen-bond acceptors (Lipinski definition) is 5. The Morgan fingerprint density at radius 1 is 0.870 bits per heavy atom. The average Bonchev–Trinajstić information content (AvgIpc) is 3.44. The van der Waals surface area contributed by atoms with Gasteiger partial charge in [-0.25, -0.2) is 9.59 Å². The van der Waals surface area contributed by atoms with E-state index in [1.807, 2.05) is 60.7 Å². The molecule has 3 aromatic carbocycles. The van der Waals surface area contributed by atoms with Crippen LogP contribution in [0, 0.1) is 11.8 Å². The minimum absolute atomic E-state index is 0.00554. The number of esters is 1. The van der Waals surface area contributed by atoms with Crippen molar-refractivity contribution in [3.8, 4) is 0 Å². The summed E-state index contributed by atoms with van der Waals surface area (Å²) >= 11 is 13.2. The van der Waals surface area contributed by atoms with E-state index in [0.717, 1.165) is 37.2 Å². The molecule has 0 radical (unpaired) electrons. The van der Waals surface area contributed by atoms with E-state index in [0.29, 0.717) is 17.8 Å². The van der Waals surface area contributed by atoms with E-state index < -0.39 is 23.9 Å². The number of ether oxygens (including phenoxy) is 1. The van der Waals surface area contributed by atoms with Crippen LogP contribution in [0.2, 0.25) is 10.0 Å². The molecular weight excluding hydrogens is 623 g/mol. The quantitative estimate of drug-likeness (QED) is 0.223. The molecule has 3 N–H and O–H groups in total. The SMILES string of the molecule is O=C(NC[C@@H](NC(=O)c1c(Cl)cc(N2CC(c3ccccc3)C2)cc1Cl)C(=O)OCc1ccccc1)NC1CC2C=CC=CC2C1. The number of fused-ring (bicyclic) bond motifs is 1. The normalized spacial score (nSPS) is 20.7. The summed E-state index contributed by atoms with van der Waals surface area (Å²) in [6.07, 6.45) is 10.1. The van der Waals surface area contributed by atoms with Gasteiger partial charge in [0.05, 0.1) is 22.2 Å². The molecule has 2 aliphatic carbocycles. The zero-order valence-electron chi connectivity index (χ0n) is 25.2. The highest BCUT2D eigenvalue weighted by molar-refractivity contribution is 6.40. The van der Waals surface area contributed by atoms with Crippen molar-refractivity contribution in [2.24, 2.45) is 11.8 Å². The molecule has 3 amide bonds. The van der Waals surface area contributed by atoms with E-state index in [1.54, 1.807) is 12.1 Å². The van der Waals surface area contributed by atoms with E-state index >= 15 is 0 Å². The molecule has 3 aromatic rings. The topological polar surface area (TPSA) is 99.8 Å². The minimum atomic E-state index is -1.19. The Balaban J connectivity index is 1.09. The van der Waals surface area contributed by atoms with Crippen LogP contribution >= 0.6 is 23.2 Å². The Labute approximate surface area is 278 Å². The molecule has 1 heterocycles. The van der Waals surface area contributed by atoms with Crippen LogP contribution in [0.3, 0.4) is 0 Å². The van der Waals surface area contributed by atoms with Gasteiger partial charge in [0.25, 0.3) is 5.91 Å². The third-order valence-electron chi connectivity index (χ3n) is 8.88. The molecule has 3 aliphatic rings. The van der Waals surface area contributed by atoms with Gasteiger partial charge in [-0.3, -0.25) is 4.79 Å². The fraction of sp³-hybridized carbons (Fsp3) is 0.306. The predicted octanol–water partition coefficient (Wildman–Crippen LogP) is 6.26. The number of amides is 3. The summed E-state index contributed by atoms with van der Waals surface area (Å²) in [5.74, 6) is -0.128. The second kappa shape index (κ2) is 14.4. The molecule has 46 heavy (non-hydrogen) atoms. The van der Waals surface area contributed by atoms with E-state index in [1.165, 1.54) is 5.56 Å². The molecule has 10 heteroatoms. The fourth-order valence-corrected chi connectivity index (χ4v) is 6.99. The number of hydrogen-bond donors (Lipinski definition) is 3. The van der Waals surface area contributed by atoms with Crippen molar-refractivity contribution in [1.82, 2.24) is 16.0 Å². The number of anilines is 1. The van der Waals surface area contributed by atoms with Crippen molar-refractivity contribution < 1.29 is 19.1 Å². The third-order valence-corrected chi connectivity index (χ3v) is 9.47. The van der Waals surface area contributed by atoms with Crippen molar-refractivity contribution >= 4 is 46.8 Å². The van der Waals surface area contributed by atoms with E-state index in [-0.39, 0.29) is 34.8 Å². The van der Waals surface area contributed by atoms with Gasteiger partial charge in [0, 0.05) is 30.7 Å². The number of benzene rings is 3. The maximum absolute atomic E-state index is 13.5. The Morgan fingerprint density at radius 2 is 1.48 bits per heavy atom. The van der Waals surface area contributed by atoms with E-state index in [4.69, 9.17) is 27.9 Å². The summed E-state index contributed by atoms with van der Waals surface area (Å²) in [7, 11) is 0. The lowest BCUT2D eigenvalue weighted by Gasteiger charge is -2.41. The molecule has 0 aromatic heterocycles. The monoisotopic (exact) mass is 658 g/mol. The number of carbonyl (C=O) groups is 3. The van der Waals surface area contributed by atoms with Crippen molar-refractivity contribution in [1.29, 1.82) is 0 Å². The van der Waals surface area contributed by atoms with Crippen LogP contribution in [0.5, 0.6) is 0 Å². The van der Waals surface area contributed by atoms with Crippen LogP contribution < -0.4 is 20.9 Å². The van der Waals surface area contributed by atoms with Crippen LogP contribution in [0.4, 0.5) is 10.5 Å². The van der Waals surface area contributed by atoms with Crippen LogP contribution in [0.15, 0.2) is 97.1 Å². The first-order chi connectivity index (χ1) is 22.3. The molecule has 2 fully saturated rings. The van der Waals surface area contributed by atoms with E-state index in [9.17, 15) is 14.4 Å². The minimum Gasteiger partial charge on any atom is -0.459 e. The molecule has 8 nitrogen and oxygen atoms in total. The smallest absolute Gasteiger partial charge is 0.330 e. The van der Waals surface area contributed by atoms with Crippen molar-refractivity contribution in [3.63, 3.8) is 0 Å². The Kier molecular flexibility index (Phi) is 9.95. The highest BCUT2D eigenvalue weighted by Gasteiger charge is 2.34. The molecule has 1 saturated carbocycles. The van der Waals surface area contributed by atoms with Gasteiger partial charge >= 0.3 is 12.0 Å². The van der Waals surface area contributed by atoms with Crippen LogP contribution in [0.25, 0.3) is 0 Å². The van der Waals surface area contributed by atoms with Gasteiger partial charge in [0.15, 0.2) is 0 Å². The zero-order chi connectivity index (χ0) is 32.0. The number of halogens is 2. The van der Waals surface area contributed by atoms with Gasteiger partial charge in [-0.2, -0.15) is 0 Å². The average molecular weight is 660 g/mol. The third kappa shape index (κ3) is 7.57. The van der Waals surface area contributed by atoms with Crippen LogP contribution in [-0.2, 0) is 16.1 Å². The van der Waals surface area contributed by atoms with Crippen molar-refractivity contribution in [2.45, 2.75) is 37.5 Å². The summed E-state index contributed by atoms with van der Waals surface area (Å²) in [4.78, 5) is 41.7. The second-order valence-electron chi connectivity index (χ2n) is 12.0. The molecule has 2 unspecified atom stereocenters. The van der Waals surface area contributed by atoms with Crippen LogP contribution in [0.1, 0.15) is 40.2 Å². The zero-order valence-corrected chi connectivity index (χ0v) is 26.7. The fourth-order valence-electron chi connectivity index (χ4n) is 6.35. The molecule has 1 aliphatic heterocycles. The van der Waals surface area contributed by atoms with Gasteiger partial charge in [0.1, 0.15) is 12.6 Å². The number of nitrogens with zero attached hydrogens (tertiary/aromatic N) is 1. The highest BCUT2D eigenvalue weighted by atomic mass is 35.5. The highest BCUT2D eigenvalue weighted by Crippen LogP contribution is 2.37. The van der Waals surface area contributed by atoms with Gasteiger partial charge in [-0.05, 0) is 47.9 Å². The van der Waals surface area contributed by atoms with Crippen LogP contribution in [-0.4, -0.2) is 49.6 Å². The first-order valence-corrected chi connectivity index (χ1v) is 16.3. The molecule has 6 rings (SSSR count).